The Morgan fingerprint density at radius 3 is 2.28 bits per heavy atom. The molecule has 4 heteroatoms. The number of Topliss-reactive ketones (excluding diaryl/α,β-unsaturated/α-hetero) is 1. The largest absolute Gasteiger partial charge is 0.376 e. The number of hydrogen-bond acceptors (Lipinski definition) is 3. The summed E-state index contributed by atoms with van der Waals surface area (Å²) in [5, 5.41) is 4.11. The van der Waals surface area contributed by atoms with Gasteiger partial charge in [-0.2, -0.15) is 0 Å². The summed E-state index contributed by atoms with van der Waals surface area (Å²) in [5.74, 6) is -0.203. The molecule has 1 N–H and O–H groups in total. The van der Waals surface area contributed by atoms with Gasteiger partial charge in [0.15, 0.2) is 5.78 Å². The summed E-state index contributed by atoms with van der Waals surface area (Å²) in [7, 11) is 0. The molecule has 2 aromatic carbocycles. The molecule has 25 heavy (non-hydrogen) atoms. The van der Waals surface area contributed by atoms with Gasteiger partial charge in [-0.3, -0.25) is 9.78 Å². The number of pyridine rings is 1. The van der Waals surface area contributed by atoms with Crippen molar-refractivity contribution in [3.63, 3.8) is 0 Å². The second-order valence-electron chi connectivity index (χ2n) is 5.90. The molecule has 0 bridgehead atoms. The van der Waals surface area contributed by atoms with Crippen LogP contribution >= 0.6 is 11.6 Å². The highest BCUT2D eigenvalue weighted by Gasteiger charge is 2.27. The fourth-order valence-corrected chi connectivity index (χ4v) is 2.88. The second kappa shape index (κ2) is 7.95. The Labute approximate surface area is 152 Å². The molecular formula is C21H19ClN2O. The summed E-state index contributed by atoms with van der Waals surface area (Å²) in [6.45, 7) is 1.93. The fourth-order valence-electron chi connectivity index (χ4n) is 2.76. The molecule has 3 rings (SSSR count). The number of hydrogen-bond donors (Lipinski definition) is 1. The molecule has 0 fully saturated rings. The Morgan fingerprint density at radius 2 is 1.64 bits per heavy atom. The first-order valence-electron chi connectivity index (χ1n) is 8.17. The average molecular weight is 351 g/mol. The van der Waals surface area contributed by atoms with E-state index in [-0.39, 0.29) is 17.7 Å². The summed E-state index contributed by atoms with van der Waals surface area (Å²) in [5.41, 5.74) is 2.43. The lowest BCUT2D eigenvalue weighted by Gasteiger charge is -2.25. The van der Waals surface area contributed by atoms with Crippen LogP contribution in [0.2, 0.25) is 5.02 Å². The van der Waals surface area contributed by atoms with E-state index in [1.807, 2.05) is 79.7 Å². The molecular weight excluding hydrogens is 332 g/mol. The number of rotatable bonds is 6. The van der Waals surface area contributed by atoms with Crippen LogP contribution in [0.5, 0.6) is 0 Å². The molecule has 3 nitrogen and oxygen atoms in total. The smallest absolute Gasteiger partial charge is 0.168 e. The normalized spacial score (nSPS) is 13.0. The highest BCUT2D eigenvalue weighted by atomic mass is 35.5. The first kappa shape index (κ1) is 17.2. The zero-order valence-electron chi connectivity index (χ0n) is 13.9. The molecule has 1 aromatic heterocycles. The number of aromatic nitrogens is 1. The van der Waals surface area contributed by atoms with Gasteiger partial charge in [0, 0.05) is 28.4 Å². The van der Waals surface area contributed by atoms with Gasteiger partial charge >= 0.3 is 0 Å². The predicted octanol–water partition coefficient (Wildman–Crippen LogP) is 5.41. The third-order valence-electron chi connectivity index (χ3n) is 4.14. The van der Waals surface area contributed by atoms with E-state index >= 15 is 0 Å². The Hall–Kier alpha value is -2.65. The van der Waals surface area contributed by atoms with Crippen LogP contribution in [0.4, 0.5) is 5.69 Å². The molecule has 0 aliphatic rings. The average Bonchev–Trinajstić information content (AvgIpc) is 2.68. The van der Waals surface area contributed by atoms with Gasteiger partial charge in [0.2, 0.25) is 0 Å². The third-order valence-corrected chi connectivity index (χ3v) is 4.40. The molecule has 2 unspecified atom stereocenters. The fraction of sp³-hybridized carbons (Fsp3) is 0.143. The molecule has 0 aliphatic heterocycles. The minimum absolute atomic E-state index is 0.0812. The summed E-state index contributed by atoms with van der Waals surface area (Å²) >= 11 is 5.96. The molecule has 3 aromatic rings. The number of carbonyl (C=O) groups excluding carboxylic acids is 1. The lowest BCUT2D eigenvalue weighted by Crippen LogP contribution is -2.26. The van der Waals surface area contributed by atoms with E-state index in [4.69, 9.17) is 11.6 Å². The Bertz CT molecular complexity index is 820. The Kier molecular flexibility index (Phi) is 5.46. The van der Waals surface area contributed by atoms with Gasteiger partial charge in [-0.05, 0) is 36.4 Å². The van der Waals surface area contributed by atoms with Crippen LogP contribution in [0.15, 0.2) is 79.0 Å². The lowest BCUT2D eigenvalue weighted by atomic mass is 9.90. The molecule has 0 radical (unpaired) electrons. The molecule has 0 amide bonds. The van der Waals surface area contributed by atoms with Crippen molar-refractivity contribution < 1.29 is 4.79 Å². The van der Waals surface area contributed by atoms with Crippen LogP contribution in [0.25, 0.3) is 0 Å². The van der Waals surface area contributed by atoms with Crippen molar-refractivity contribution in [1.82, 2.24) is 4.98 Å². The minimum atomic E-state index is -0.284. The van der Waals surface area contributed by atoms with E-state index < -0.39 is 0 Å². The van der Waals surface area contributed by atoms with Gasteiger partial charge in [0.25, 0.3) is 0 Å². The van der Waals surface area contributed by atoms with Crippen LogP contribution in [0.3, 0.4) is 0 Å². The number of halogens is 1. The third kappa shape index (κ3) is 4.25. The van der Waals surface area contributed by atoms with Crippen LogP contribution in [0.1, 0.15) is 29.0 Å². The molecule has 1 heterocycles. The van der Waals surface area contributed by atoms with E-state index in [1.54, 1.807) is 6.20 Å². The van der Waals surface area contributed by atoms with E-state index in [1.165, 1.54) is 0 Å². The quantitative estimate of drug-likeness (QED) is 0.604. The highest BCUT2D eigenvalue weighted by Crippen LogP contribution is 2.28. The monoisotopic (exact) mass is 350 g/mol. The van der Waals surface area contributed by atoms with Crippen molar-refractivity contribution in [3.8, 4) is 0 Å². The second-order valence-corrected chi connectivity index (χ2v) is 6.34. The molecule has 126 valence electrons. The maximum absolute atomic E-state index is 12.9. The lowest BCUT2D eigenvalue weighted by molar-refractivity contribution is 0.0916. The van der Waals surface area contributed by atoms with Crippen molar-refractivity contribution >= 4 is 23.1 Å². The van der Waals surface area contributed by atoms with Gasteiger partial charge < -0.3 is 5.32 Å². The van der Waals surface area contributed by atoms with E-state index in [2.05, 4.69) is 10.3 Å². The zero-order valence-corrected chi connectivity index (χ0v) is 14.6. The number of carbonyl (C=O) groups is 1. The topological polar surface area (TPSA) is 42.0 Å². The summed E-state index contributed by atoms with van der Waals surface area (Å²) < 4.78 is 0. The first-order chi connectivity index (χ1) is 12.1. The zero-order chi connectivity index (χ0) is 17.6. The van der Waals surface area contributed by atoms with Gasteiger partial charge in [0.1, 0.15) is 0 Å². The Balaban J connectivity index is 1.90. The molecule has 2 atom stereocenters. The first-order valence-corrected chi connectivity index (χ1v) is 8.55. The van der Waals surface area contributed by atoms with Crippen molar-refractivity contribution in [3.05, 3.63) is 95.3 Å². The van der Waals surface area contributed by atoms with E-state index in [0.717, 1.165) is 11.4 Å². The van der Waals surface area contributed by atoms with Crippen LogP contribution in [0, 0.1) is 5.92 Å². The molecule has 0 saturated heterocycles. The van der Waals surface area contributed by atoms with Crippen molar-refractivity contribution in [2.75, 3.05) is 5.32 Å². The standard InChI is InChI=1S/C21H19ClN2O/c1-15(21(25)16-7-3-2-4-8-16)20(19-9-5-6-14-23-19)24-18-12-10-17(22)11-13-18/h2-15,20,24H,1H3. The number of benzene rings is 2. The van der Waals surface area contributed by atoms with Gasteiger partial charge in [-0.25, -0.2) is 0 Å². The number of nitrogens with one attached hydrogen (secondary N) is 1. The minimum Gasteiger partial charge on any atom is -0.376 e. The van der Waals surface area contributed by atoms with Crippen molar-refractivity contribution in [2.45, 2.75) is 13.0 Å². The van der Waals surface area contributed by atoms with Gasteiger partial charge in [-0.15, -0.1) is 0 Å². The predicted molar refractivity (Wildman–Crippen MR) is 102 cm³/mol. The number of anilines is 1. The van der Waals surface area contributed by atoms with E-state index in [9.17, 15) is 4.79 Å². The summed E-state index contributed by atoms with van der Waals surface area (Å²) in [6, 6.07) is 22.3. The highest BCUT2D eigenvalue weighted by molar-refractivity contribution is 6.30. The van der Waals surface area contributed by atoms with Gasteiger partial charge in [-0.1, -0.05) is 54.9 Å². The summed E-state index contributed by atoms with van der Waals surface area (Å²) in [4.78, 5) is 17.4. The van der Waals surface area contributed by atoms with Crippen molar-refractivity contribution in [2.24, 2.45) is 5.92 Å². The summed E-state index contributed by atoms with van der Waals surface area (Å²) in [6.07, 6.45) is 1.74. The Morgan fingerprint density at radius 1 is 0.960 bits per heavy atom. The number of nitrogens with zero attached hydrogens (tertiary/aromatic N) is 1. The molecule has 0 saturated carbocycles. The van der Waals surface area contributed by atoms with Gasteiger partial charge in [0.05, 0.1) is 11.7 Å². The van der Waals surface area contributed by atoms with Crippen LogP contribution in [-0.4, -0.2) is 10.8 Å². The maximum Gasteiger partial charge on any atom is 0.168 e. The van der Waals surface area contributed by atoms with E-state index in [0.29, 0.717) is 10.6 Å². The SMILES string of the molecule is CC(C(=O)c1ccccc1)C(Nc1ccc(Cl)cc1)c1ccccn1. The maximum atomic E-state index is 12.9. The number of ketones is 1. The van der Waals surface area contributed by atoms with Crippen LogP contribution in [-0.2, 0) is 0 Å². The molecule has 0 spiro atoms. The van der Waals surface area contributed by atoms with Crippen LogP contribution < -0.4 is 5.32 Å². The van der Waals surface area contributed by atoms with Crippen molar-refractivity contribution in [1.29, 1.82) is 0 Å². The molecule has 0 aliphatic carbocycles.